The van der Waals surface area contributed by atoms with Crippen LogP contribution < -0.4 is 20.4 Å². The lowest BCUT2D eigenvalue weighted by Crippen LogP contribution is -2.36. The molecule has 0 amide bonds. The van der Waals surface area contributed by atoms with Gasteiger partial charge in [0.15, 0.2) is 17.0 Å². The Morgan fingerprint density at radius 3 is 2.18 bits per heavy atom. The zero-order valence-corrected chi connectivity index (χ0v) is 28.6. The van der Waals surface area contributed by atoms with Gasteiger partial charge in [0.05, 0.1) is 29.6 Å². The van der Waals surface area contributed by atoms with Crippen molar-refractivity contribution in [3.05, 3.63) is 138 Å². The quantitative estimate of drug-likeness (QED) is 0.105. The Hall–Kier alpha value is -5.71. The fourth-order valence-electron chi connectivity index (χ4n) is 5.75. The molecule has 4 aromatic carbocycles. The molecule has 7 rings (SSSR count). The summed E-state index contributed by atoms with van der Waals surface area (Å²) in [5.74, 6) is 1.19. The molecule has 254 valence electrons. The number of anilines is 5. The molecule has 1 saturated heterocycles. The van der Waals surface area contributed by atoms with Gasteiger partial charge in [0.2, 0.25) is 5.95 Å². The first kappa shape index (κ1) is 34.2. The van der Waals surface area contributed by atoms with E-state index in [2.05, 4.69) is 81.6 Å². The molecular formula is C39H39ClN8O2. The molecule has 0 unspecified atom stereocenters. The van der Waals surface area contributed by atoms with Crippen molar-refractivity contribution in [2.24, 2.45) is 0 Å². The van der Waals surface area contributed by atoms with Crippen molar-refractivity contribution in [1.82, 2.24) is 19.5 Å². The molecule has 3 heterocycles. The number of aldehydes is 1. The molecule has 2 N–H and O–H groups in total. The number of fused-ring (bicyclic) bond motifs is 1. The third-order valence-corrected chi connectivity index (χ3v) is 8.48. The smallest absolute Gasteiger partial charge is 0.231 e. The molecule has 2 aromatic heterocycles. The second-order valence-electron chi connectivity index (χ2n) is 11.5. The van der Waals surface area contributed by atoms with Crippen molar-refractivity contribution in [1.29, 1.82) is 0 Å². The van der Waals surface area contributed by atoms with Gasteiger partial charge in [0.25, 0.3) is 0 Å². The van der Waals surface area contributed by atoms with E-state index in [1.54, 1.807) is 0 Å². The number of hydrogen-bond donors (Lipinski definition) is 2. The zero-order valence-electron chi connectivity index (χ0n) is 27.9. The van der Waals surface area contributed by atoms with Crippen molar-refractivity contribution in [3.63, 3.8) is 0 Å². The van der Waals surface area contributed by atoms with E-state index in [1.165, 1.54) is 17.2 Å². The summed E-state index contributed by atoms with van der Waals surface area (Å²) < 4.78 is 7.53. The first-order valence-electron chi connectivity index (χ1n) is 16.4. The maximum atomic E-state index is 9.06. The number of ether oxygens (including phenoxy) is 1. The Morgan fingerprint density at radius 1 is 0.880 bits per heavy atom. The molecule has 0 spiro atoms. The molecule has 50 heavy (non-hydrogen) atoms. The number of imidazole rings is 1. The molecule has 0 atom stereocenters. The number of hydrogen-bond acceptors (Lipinski definition) is 9. The number of aromatic nitrogens is 4. The van der Waals surface area contributed by atoms with E-state index in [4.69, 9.17) is 36.1 Å². The van der Waals surface area contributed by atoms with Gasteiger partial charge in [0.1, 0.15) is 12.6 Å². The van der Waals surface area contributed by atoms with Gasteiger partial charge in [-0.25, -0.2) is 4.98 Å². The second kappa shape index (κ2) is 16.6. The number of nitrogens with one attached hydrogen (secondary N) is 2. The topological polar surface area (TPSA) is 100 Å². The molecule has 0 aliphatic carbocycles. The first-order chi connectivity index (χ1) is 24.6. The maximum Gasteiger partial charge on any atom is 0.231 e. The Labute approximate surface area is 297 Å². The van der Waals surface area contributed by atoms with Gasteiger partial charge in [-0.15, -0.1) is 0 Å². The monoisotopic (exact) mass is 686 g/mol. The summed E-state index contributed by atoms with van der Waals surface area (Å²) in [6, 6.07) is 35.0. The van der Waals surface area contributed by atoms with Crippen LogP contribution in [0.1, 0.15) is 11.1 Å². The molecule has 1 aliphatic heterocycles. The number of allylic oxidation sites excluding steroid dienone is 1. The van der Waals surface area contributed by atoms with Gasteiger partial charge >= 0.3 is 0 Å². The molecule has 1 fully saturated rings. The highest BCUT2D eigenvalue weighted by Gasteiger charge is 2.21. The lowest BCUT2D eigenvalue weighted by atomic mass is 10.1. The number of halogens is 1. The fraction of sp³-hybridized carbons (Fsp3) is 0.179. The largest absolute Gasteiger partial charge is 0.388 e. The summed E-state index contributed by atoms with van der Waals surface area (Å²) in [7, 11) is 1.91. The minimum absolute atomic E-state index is 0.454. The number of carbonyl (C=O) groups excluding carboxylic acids is 1. The lowest BCUT2D eigenvalue weighted by molar-refractivity contribution is -0.104. The van der Waals surface area contributed by atoms with Crippen LogP contribution in [0.15, 0.2) is 122 Å². The van der Waals surface area contributed by atoms with Crippen LogP contribution in [0.2, 0.25) is 5.02 Å². The van der Waals surface area contributed by atoms with Gasteiger partial charge in [0, 0.05) is 44.6 Å². The fourth-order valence-corrected chi connectivity index (χ4v) is 6.05. The molecule has 0 bridgehead atoms. The van der Waals surface area contributed by atoms with E-state index in [1.807, 2.05) is 66.5 Å². The van der Waals surface area contributed by atoms with Crippen LogP contribution in [0.4, 0.5) is 28.8 Å². The number of nitrogens with zero attached hydrogens (tertiary/aromatic N) is 6. The number of benzene rings is 4. The summed E-state index contributed by atoms with van der Waals surface area (Å²) in [5, 5.41) is 7.34. The van der Waals surface area contributed by atoms with Crippen molar-refractivity contribution in [2.45, 2.75) is 13.1 Å². The Morgan fingerprint density at radius 2 is 1.56 bits per heavy atom. The van der Waals surface area contributed by atoms with Gasteiger partial charge in [-0.1, -0.05) is 84.9 Å². The molecular weight excluding hydrogens is 648 g/mol. The van der Waals surface area contributed by atoms with Gasteiger partial charge < -0.3 is 25.2 Å². The maximum absolute atomic E-state index is 9.06. The van der Waals surface area contributed by atoms with Gasteiger partial charge in [-0.05, 0) is 53.6 Å². The summed E-state index contributed by atoms with van der Waals surface area (Å²) in [5.41, 5.74) is 7.49. The van der Waals surface area contributed by atoms with Crippen molar-refractivity contribution in [2.75, 3.05) is 53.8 Å². The number of rotatable bonds is 11. The normalized spacial score (nSPS) is 12.5. The van der Waals surface area contributed by atoms with Crippen molar-refractivity contribution >= 4 is 57.9 Å². The average molecular weight is 687 g/mol. The molecule has 6 aromatic rings. The van der Waals surface area contributed by atoms with E-state index in [9.17, 15) is 0 Å². The van der Waals surface area contributed by atoms with Crippen LogP contribution in [0.5, 0.6) is 0 Å². The zero-order chi connectivity index (χ0) is 34.7. The summed E-state index contributed by atoms with van der Waals surface area (Å²) >= 11 is 6.81. The van der Waals surface area contributed by atoms with Crippen molar-refractivity contribution in [3.8, 4) is 5.69 Å². The summed E-state index contributed by atoms with van der Waals surface area (Å²) in [4.78, 5) is 28.6. The average Bonchev–Trinajstić information content (AvgIpc) is 3.60. The summed E-state index contributed by atoms with van der Waals surface area (Å²) in [6.45, 7) is 7.41. The molecule has 10 nitrogen and oxygen atoms in total. The molecule has 1 aliphatic rings. The minimum atomic E-state index is 0.454. The van der Waals surface area contributed by atoms with E-state index < -0.39 is 0 Å². The Bertz CT molecular complexity index is 1980. The van der Waals surface area contributed by atoms with Crippen LogP contribution in [0, 0.1) is 0 Å². The van der Waals surface area contributed by atoms with Crippen molar-refractivity contribution < 1.29 is 9.53 Å². The SMILES string of the molecule is C=CC=O.CNc1cccc(-n2cnc3c(N(Cc4ccccc4)Cc4ccccc4)nc(Nc4ccc(N5CCOCC5)c(Cl)c4)nc32)c1. The predicted octanol–water partition coefficient (Wildman–Crippen LogP) is 7.67. The van der Waals surface area contributed by atoms with Crippen LogP contribution in [-0.2, 0) is 22.6 Å². The summed E-state index contributed by atoms with van der Waals surface area (Å²) in [6.07, 6.45) is 3.65. The van der Waals surface area contributed by atoms with E-state index >= 15 is 0 Å². The predicted molar refractivity (Wildman–Crippen MR) is 203 cm³/mol. The Balaban J connectivity index is 0.00000103. The van der Waals surface area contributed by atoms with Gasteiger partial charge in [-0.2, -0.15) is 9.97 Å². The van der Waals surface area contributed by atoms with Crippen LogP contribution in [0.3, 0.4) is 0 Å². The third-order valence-electron chi connectivity index (χ3n) is 8.17. The number of carbonyl (C=O) groups is 1. The van der Waals surface area contributed by atoms with E-state index in [0.29, 0.717) is 54.7 Å². The molecule has 11 heteroatoms. The van der Waals surface area contributed by atoms with Crippen LogP contribution in [0.25, 0.3) is 16.9 Å². The van der Waals surface area contributed by atoms with Gasteiger partial charge in [-0.3, -0.25) is 9.36 Å². The third kappa shape index (κ3) is 8.28. The standard InChI is InChI=1S/C36H35ClN8O.C3H4O/c1-38-28-13-8-14-30(21-28)45-25-39-33-34(44(23-26-9-4-2-5-10-26)24-27-11-6-3-7-12-27)41-36(42-35(33)45)40-29-15-16-32(31(37)22-29)43-17-19-46-20-18-43;1-2-3-4/h2-16,21-22,25,38H,17-20,23-24H2,1H3,(H,40,41,42);2-3H,1H2. The molecule has 0 saturated carbocycles. The lowest BCUT2D eigenvalue weighted by Gasteiger charge is -2.29. The highest BCUT2D eigenvalue weighted by Crippen LogP contribution is 2.33. The minimum Gasteiger partial charge on any atom is -0.388 e. The second-order valence-corrected chi connectivity index (χ2v) is 12.0. The number of morpholine rings is 1. The van der Waals surface area contributed by atoms with E-state index in [0.717, 1.165) is 41.7 Å². The highest BCUT2D eigenvalue weighted by molar-refractivity contribution is 6.33. The van der Waals surface area contributed by atoms with Crippen LogP contribution in [-0.4, -0.2) is 59.2 Å². The highest BCUT2D eigenvalue weighted by atomic mass is 35.5. The molecule has 0 radical (unpaired) electrons. The van der Waals surface area contributed by atoms with E-state index in [-0.39, 0.29) is 0 Å². The van der Waals surface area contributed by atoms with Crippen LogP contribution >= 0.6 is 11.6 Å². The first-order valence-corrected chi connectivity index (χ1v) is 16.8. The Kier molecular flexibility index (Phi) is 11.3.